The highest BCUT2D eigenvalue weighted by atomic mass is 32.2. The summed E-state index contributed by atoms with van der Waals surface area (Å²) in [5.41, 5.74) is 2.81. The Morgan fingerprint density at radius 3 is 2.30 bits per heavy atom. The average molecular weight is 446 g/mol. The Hall–Kier alpha value is -2.26. The second kappa shape index (κ2) is 10.2. The number of ether oxygens (including phenoxy) is 1. The Morgan fingerprint density at radius 2 is 1.70 bits per heavy atom. The Morgan fingerprint density at radius 1 is 1.03 bits per heavy atom. The van der Waals surface area contributed by atoms with E-state index in [0.717, 1.165) is 21.7 Å². The fourth-order valence-corrected chi connectivity index (χ4v) is 5.58. The first kappa shape index (κ1) is 22.4. The van der Waals surface area contributed by atoms with Crippen molar-refractivity contribution >= 4 is 27.0 Å². The van der Waals surface area contributed by atoms with Crippen molar-refractivity contribution in [3.63, 3.8) is 0 Å². The lowest BCUT2D eigenvalue weighted by Gasteiger charge is -2.18. The smallest absolute Gasteiger partial charge is 0.243 e. The maximum absolute atomic E-state index is 12.7. The lowest BCUT2D eigenvalue weighted by atomic mass is 10.2. The molecular weight excluding hydrogens is 418 g/mol. The molecule has 6 nitrogen and oxygen atoms in total. The average Bonchev–Trinajstić information content (AvgIpc) is 3.16. The molecule has 0 atom stereocenters. The third-order valence-corrected chi connectivity index (χ3v) is 7.72. The van der Waals surface area contributed by atoms with E-state index in [1.807, 2.05) is 61.7 Å². The second-order valence-corrected chi connectivity index (χ2v) is 9.38. The number of hydrogen-bond acceptors (Lipinski definition) is 5. The van der Waals surface area contributed by atoms with E-state index in [-0.39, 0.29) is 0 Å². The van der Waals surface area contributed by atoms with Crippen LogP contribution < -0.4 is 4.80 Å². The third-order valence-electron chi connectivity index (χ3n) is 4.79. The first-order chi connectivity index (χ1) is 14.5. The molecule has 0 amide bonds. The number of hydrogen-bond donors (Lipinski definition) is 0. The van der Waals surface area contributed by atoms with Crippen molar-refractivity contribution in [2.75, 3.05) is 26.8 Å². The SMILES string of the molecule is CCN(CC)S(=O)(=O)c1ccc(-c2csc(=Nc3ccccc3)n2CCOC)cc1. The van der Waals surface area contributed by atoms with Gasteiger partial charge in [0.2, 0.25) is 10.0 Å². The number of thiazole rings is 1. The van der Waals surface area contributed by atoms with Crippen LogP contribution >= 0.6 is 11.3 Å². The molecule has 0 unspecified atom stereocenters. The van der Waals surface area contributed by atoms with Gasteiger partial charge in [-0.1, -0.05) is 44.2 Å². The molecule has 0 aliphatic rings. The Labute approximate surface area is 182 Å². The van der Waals surface area contributed by atoms with E-state index in [9.17, 15) is 8.42 Å². The number of methoxy groups -OCH3 is 1. The molecule has 0 aliphatic carbocycles. The molecule has 160 valence electrons. The molecule has 30 heavy (non-hydrogen) atoms. The van der Waals surface area contributed by atoms with Crippen LogP contribution in [0.5, 0.6) is 0 Å². The molecule has 0 aliphatic heterocycles. The topological polar surface area (TPSA) is 63.9 Å². The summed E-state index contributed by atoms with van der Waals surface area (Å²) in [6.45, 7) is 5.80. The summed E-state index contributed by atoms with van der Waals surface area (Å²) in [5, 5.41) is 2.05. The highest BCUT2D eigenvalue weighted by Gasteiger charge is 2.21. The molecule has 1 aromatic heterocycles. The van der Waals surface area contributed by atoms with Gasteiger partial charge in [0.05, 0.1) is 22.9 Å². The van der Waals surface area contributed by atoms with E-state index < -0.39 is 10.0 Å². The molecule has 8 heteroatoms. The predicted molar refractivity (Wildman–Crippen MR) is 121 cm³/mol. The van der Waals surface area contributed by atoms with Crippen molar-refractivity contribution in [2.45, 2.75) is 25.3 Å². The summed E-state index contributed by atoms with van der Waals surface area (Å²) in [7, 11) is -1.80. The van der Waals surface area contributed by atoms with Gasteiger partial charge in [-0.05, 0) is 29.8 Å². The molecule has 2 aromatic carbocycles. The van der Waals surface area contributed by atoms with E-state index in [1.165, 1.54) is 4.31 Å². The van der Waals surface area contributed by atoms with Crippen molar-refractivity contribution in [1.29, 1.82) is 0 Å². The predicted octanol–water partition coefficient (Wildman–Crippen LogP) is 4.13. The number of rotatable bonds is 9. The van der Waals surface area contributed by atoms with Crippen LogP contribution in [0.25, 0.3) is 11.3 Å². The number of nitrogens with zero attached hydrogens (tertiary/aromatic N) is 3. The van der Waals surface area contributed by atoms with Crippen LogP contribution in [-0.4, -0.2) is 44.1 Å². The quantitative estimate of drug-likeness (QED) is 0.498. The van der Waals surface area contributed by atoms with Crippen LogP contribution in [0, 0.1) is 0 Å². The maximum Gasteiger partial charge on any atom is 0.243 e. The van der Waals surface area contributed by atoms with Crippen molar-refractivity contribution in [1.82, 2.24) is 8.87 Å². The molecule has 0 bridgehead atoms. The molecule has 0 saturated carbocycles. The summed E-state index contributed by atoms with van der Waals surface area (Å²) in [6, 6.07) is 16.9. The number of para-hydroxylation sites is 1. The molecule has 0 radical (unpaired) electrons. The van der Waals surface area contributed by atoms with E-state index >= 15 is 0 Å². The van der Waals surface area contributed by atoms with Gasteiger partial charge in [0, 0.05) is 32.1 Å². The molecule has 1 heterocycles. The summed E-state index contributed by atoms with van der Waals surface area (Å²) in [5.74, 6) is 0. The molecule has 0 N–H and O–H groups in total. The zero-order valence-corrected chi connectivity index (χ0v) is 19.1. The Balaban J connectivity index is 2.01. The van der Waals surface area contributed by atoms with Crippen molar-refractivity contribution in [2.24, 2.45) is 4.99 Å². The first-order valence-electron chi connectivity index (χ1n) is 9.88. The van der Waals surface area contributed by atoms with Gasteiger partial charge in [-0.3, -0.25) is 0 Å². The minimum absolute atomic E-state index is 0.308. The van der Waals surface area contributed by atoms with Gasteiger partial charge in [0.25, 0.3) is 0 Å². The molecular formula is C22H27N3O3S2. The molecule has 0 saturated heterocycles. The zero-order valence-electron chi connectivity index (χ0n) is 17.5. The van der Waals surface area contributed by atoms with Gasteiger partial charge in [-0.15, -0.1) is 11.3 Å². The summed E-state index contributed by atoms with van der Waals surface area (Å²) in [4.78, 5) is 5.94. The van der Waals surface area contributed by atoms with Gasteiger partial charge in [0.1, 0.15) is 0 Å². The van der Waals surface area contributed by atoms with Crippen LogP contribution in [0.3, 0.4) is 0 Å². The van der Waals surface area contributed by atoms with Gasteiger partial charge in [0.15, 0.2) is 4.80 Å². The second-order valence-electron chi connectivity index (χ2n) is 6.61. The highest BCUT2D eigenvalue weighted by molar-refractivity contribution is 7.89. The maximum atomic E-state index is 12.7. The van der Waals surface area contributed by atoms with E-state index in [0.29, 0.717) is 31.1 Å². The van der Waals surface area contributed by atoms with E-state index in [4.69, 9.17) is 9.73 Å². The first-order valence-corrected chi connectivity index (χ1v) is 12.2. The molecule has 3 aromatic rings. The van der Waals surface area contributed by atoms with Gasteiger partial charge in [-0.2, -0.15) is 4.31 Å². The third kappa shape index (κ3) is 4.89. The summed E-state index contributed by atoms with van der Waals surface area (Å²) >= 11 is 1.55. The number of sulfonamides is 1. The Bertz CT molecular complexity index is 1110. The van der Waals surface area contributed by atoms with Crippen LogP contribution in [0.15, 0.2) is 69.9 Å². The van der Waals surface area contributed by atoms with Crippen molar-refractivity contribution < 1.29 is 13.2 Å². The van der Waals surface area contributed by atoms with Gasteiger partial charge < -0.3 is 9.30 Å². The fraction of sp³-hybridized carbons (Fsp3) is 0.318. The van der Waals surface area contributed by atoms with Crippen LogP contribution in [0.1, 0.15) is 13.8 Å². The standard InChI is InChI=1S/C22H27N3O3S2/c1-4-24(5-2)30(26,27)20-13-11-18(12-14-20)21-17-29-22(25(21)15-16-28-3)23-19-9-7-6-8-10-19/h6-14,17H,4-5,15-16H2,1-3H3. The molecule has 0 fully saturated rings. The number of aromatic nitrogens is 1. The molecule has 3 rings (SSSR count). The van der Waals surface area contributed by atoms with Crippen molar-refractivity contribution in [3.05, 3.63) is 64.8 Å². The largest absolute Gasteiger partial charge is 0.383 e. The highest BCUT2D eigenvalue weighted by Crippen LogP contribution is 2.24. The lowest BCUT2D eigenvalue weighted by Crippen LogP contribution is -2.30. The van der Waals surface area contributed by atoms with Crippen LogP contribution in [0.4, 0.5) is 5.69 Å². The summed E-state index contributed by atoms with van der Waals surface area (Å²) < 4.78 is 34.3. The van der Waals surface area contributed by atoms with E-state index in [1.54, 1.807) is 30.6 Å². The monoisotopic (exact) mass is 445 g/mol. The van der Waals surface area contributed by atoms with Gasteiger partial charge in [-0.25, -0.2) is 13.4 Å². The van der Waals surface area contributed by atoms with E-state index in [2.05, 4.69) is 4.57 Å². The molecule has 0 spiro atoms. The lowest BCUT2D eigenvalue weighted by molar-refractivity contribution is 0.187. The zero-order chi connectivity index (χ0) is 21.6. The Kier molecular flexibility index (Phi) is 7.60. The van der Waals surface area contributed by atoms with Crippen molar-refractivity contribution in [3.8, 4) is 11.3 Å². The minimum atomic E-state index is -3.47. The normalized spacial score (nSPS) is 12.6. The van der Waals surface area contributed by atoms with Crippen LogP contribution in [0.2, 0.25) is 0 Å². The summed E-state index contributed by atoms with van der Waals surface area (Å²) in [6.07, 6.45) is 0. The fourth-order valence-electron chi connectivity index (χ4n) is 3.17. The van der Waals surface area contributed by atoms with Gasteiger partial charge >= 0.3 is 0 Å². The van der Waals surface area contributed by atoms with Crippen LogP contribution in [-0.2, 0) is 21.3 Å². The minimum Gasteiger partial charge on any atom is -0.383 e. The number of benzene rings is 2.